The summed E-state index contributed by atoms with van der Waals surface area (Å²) >= 11 is 0. The number of aromatic nitrogens is 1. The molecule has 0 N–H and O–H groups in total. The number of pyridine rings is 1. The number of rotatable bonds is 4. The third-order valence-electron chi connectivity index (χ3n) is 2.60. The van der Waals surface area contributed by atoms with Crippen LogP contribution in [-0.2, 0) is 11.8 Å². The smallest absolute Gasteiger partial charge is 0.213 e. The molecule has 0 aliphatic heterocycles. The summed E-state index contributed by atoms with van der Waals surface area (Å²) in [5.74, 6) is 1.29. The SMILES string of the molecule is CCc1cc(OCC(C)C)nc(C(C)(C)C)c1. The molecule has 0 saturated carbocycles. The minimum atomic E-state index is 0.0706. The van der Waals surface area contributed by atoms with Gasteiger partial charge in [0.15, 0.2) is 0 Å². The van der Waals surface area contributed by atoms with Crippen LogP contribution >= 0.6 is 0 Å². The first-order valence-corrected chi connectivity index (χ1v) is 6.47. The molecule has 0 unspecified atom stereocenters. The summed E-state index contributed by atoms with van der Waals surface area (Å²) in [6, 6.07) is 4.24. The molecule has 2 nitrogen and oxygen atoms in total. The summed E-state index contributed by atoms with van der Waals surface area (Å²) in [4.78, 5) is 4.60. The van der Waals surface area contributed by atoms with E-state index in [1.807, 2.05) is 0 Å². The molecule has 1 aromatic rings. The molecular weight excluding hydrogens is 210 g/mol. The van der Waals surface area contributed by atoms with Gasteiger partial charge in [-0.15, -0.1) is 0 Å². The van der Waals surface area contributed by atoms with Crippen molar-refractivity contribution in [3.8, 4) is 5.88 Å². The third kappa shape index (κ3) is 4.37. The lowest BCUT2D eigenvalue weighted by atomic mass is 9.90. The Morgan fingerprint density at radius 1 is 1.24 bits per heavy atom. The second kappa shape index (κ2) is 5.52. The summed E-state index contributed by atoms with van der Waals surface area (Å²) in [5.41, 5.74) is 2.47. The quantitative estimate of drug-likeness (QED) is 0.787. The van der Waals surface area contributed by atoms with Crippen LogP contribution < -0.4 is 4.74 Å². The van der Waals surface area contributed by atoms with E-state index in [4.69, 9.17) is 4.74 Å². The van der Waals surface area contributed by atoms with Gasteiger partial charge in [0.05, 0.1) is 12.3 Å². The standard InChI is InChI=1S/C15H25NO/c1-7-12-8-13(15(4,5)6)16-14(9-12)17-10-11(2)3/h8-9,11H,7,10H2,1-6H3. The first kappa shape index (κ1) is 14.0. The van der Waals surface area contributed by atoms with Crippen LogP contribution in [0.4, 0.5) is 0 Å². The molecule has 0 fully saturated rings. The molecule has 96 valence electrons. The molecule has 0 aliphatic carbocycles. The van der Waals surface area contributed by atoms with Crippen LogP contribution in [0.3, 0.4) is 0 Å². The van der Waals surface area contributed by atoms with E-state index in [2.05, 4.69) is 58.7 Å². The highest BCUT2D eigenvalue weighted by Crippen LogP contribution is 2.24. The summed E-state index contributed by atoms with van der Waals surface area (Å²) in [6.45, 7) is 13.7. The molecule has 1 heterocycles. The maximum absolute atomic E-state index is 5.73. The van der Waals surface area contributed by atoms with E-state index in [1.54, 1.807) is 0 Å². The predicted octanol–water partition coefficient (Wildman–Crippen LogP) is 3.98. The first-order chi connectivity index (χ1) is 7.82. The van der Waals surface area contributed by atoms with Crippen LogP contribution in [-0.4, -0.2) is 11.6 Å². The molecular formula is C15H25NO. The zero-order valence-electron chi connectivity index (χ0n) is 12.0. The van der Waals surface area contributed by atoms with Gasteiger partial charge >= 0.3 is 0 Å². The van der Waals surface area contributed by atoms with Gasteiger partial charge in [0.1, 0.15) is 0 Å². The Morgan fingerprint density at radius 2 is 1.88 bits per heavy atom. The van der Waals surface area contributed by atoms with Crippen LogP contribution in [0, 0.1) is 5.92 Å². The van der Waals surface area contributed by atoms with Crippen LogP contribution in [0.1, 0.15) is 52.8 Å². The molecule has 0 radical (unpaired) electrons. The Morgan fingerprint density at radius 3 is 2.35 bits per heavy atom. The van der Waals surface area contributed by atoms with Crippen molar-refractivity contribution in [1.29, 1.82) is 0 Å². The minimum absolute atomic E-state index is 0.0706. The van der Waals surface area contributed by atoms with Crippen molar-refractivity contribution in [2.75, 3.05) is 6.61 Å². The molecule has 0 aromatic carbocycles. The fourth-order valence-electron chi connectivity index (χ4n) is 1.47. The fraction of sp³-hybridized carbons (Fsp3) is 0.667. The van der Waals surface area contributed by atoms with E-state index in [0.29, 0.717) is 5.92 Å². The maximum Gasteiger partial charge on any atom is 0.213 e. The number of nitrogens with zero attached hydrogens (tertiary/aromatic N) is 1. The van der Waals surface area contributed by atoms with Gasteiger partial charge in [-0.2, -0.15) is 0 Å². The summed E-state index contributed by atoms with van der Waals surface area (Å²) in [6.07, 6.45) is 1.02. The predicted molar refractivity (Wildman–Crippen MR) is 72.6 cm³/mol. The second-order valence-electron chi connectivity index (χ2n) is 6.01. The van der Waals surface area contributed by atoms with E-state index >= 15 is 0 Å². The Bertz CT molecular complexity index is 364. The van der Waals surface area contributed by atoms with Gasteiger partial charge in [0.2, 0.25) is 5.88 Å². The molecule has 0 saturated heterocycles. The molecule has 2 heteroatoms. The highest BCUT2D eigenvalue weighted by Gasteiger charge is 2.17. The van der Waals surface area contributed by atoms with Crippen LogP contribution in [0.25, 0.3) is 0 Å². The van der Waals surface area contributed by atoms with Gasteiger partial charge < -0.3 is 4.74 Å². The normalized spacial score (nSPS) is 11.9. The lowest BCUT2D eigenvalue weighted by Crippen LogP contribution is -2.15. The number of hydrogen-bond donors (Lipinski definition) is 0. The van der Waals surface area contributed by atoms with Gasteiger partial charge in [-0.05, 0) is 24.0 Å². The highest BCUT2D eigenvalue weighted by atomic mass is 16.5. The van der Waals surface area contributed by atoms with E-state index in [-0.39, 0.29) is 5.41 Å². The van der Waals surface area contributed by atoms with E-state index in [9.17, 15) is 0 Å². The summed E-state index contributed by atoms with van der Waals surface area (Å²) < 4.78 is 5.73. The van der Waals surface area contributed by atoms with E-state index in [1.165, 1.54) is 5.56 Å². The Hall–Kier alpha value is -1.05. The Balaban J connectivity index is 2.97. The van der Waals surface area contributed by atoms with Crippen molar-refractivity contribution in [1.82, 2.24) is 4.98 Å². The molecule has 1 aromatic heterocycles. The molecule has 0 amide bonds. The van der Waals surface area contributed by atoms with Crippen molar-refractivity contribution in [2.24, 2.45) is 5.92 Å². The Labute approximate surface area is 105 Å². The molecule has 17 heavy (non-hydrogen) atoms. The van der Waals surface area contributed by atoms with Crippen LogP contribution in [0.5, 0.6) is 5.88 Å². The first-order valence-electron chi connectivity index (χ1n) is 6.47. The topological polar surface area (TPSA) is 22.1 Å². The monoisotopic (exact) mass is 235 g/mol. The number of ether oxygens (including phenoxy) is 1. The highest BCUT2D eigenvalue weighted by molar-refractivity contribution is 5.28. The molecule has 0 aliphatic rings. The van der Waals surface area contributed by atoms with Crippen molar-refractivity contribution < 1.29 is 4.74 Å². The van der Waals surface area contributed by atoms with Gasteiger partial charge in [-0.1, -0.05) is 41.5 Å². The number of aryl methyl sites for hydroxylation is 1. The average Bonchev–Trinajstić information content (AvgIpc) is 2.24. The van der Waals surface area contributed by atoms with Gasteiger partial charge in [-0.25, -0.2) is 4.98 Å². The van der Waals surface area contributed by atoms with Gasteiger partial charge in [-0.3, -0.25) is 0 Å². The Kier molecular flexibility index (Phi) is 4.55. The van der Waals surface area contributed by atoms with E-state index < -0.39 is 0 Å². The van der Waals surface area contributed by atoms with Crippen LogP contribution in [0.2, 0.25) is 0 Å². The molecule has 0 bridgehead atoms. The fourth-order valence-corrected chi connectivity index (χ4v) is 1.47. The van der Waals surface area contributed by atoms with Crippen molar-refractivity contribution in [2.45, 2.75) is 53.4 Å². The van der Waals surface area contributed by atoms with Gasteiger partial charge in [0.25, 0.3) is 0 Å². The zero-order valence-corrected chi connectivity index (χ0v) is 12.0. The zero-order chi connectivity index (χ0) is 13.1. The lowest BCUT2D eigenvalue weighted by Gasteiger charge is -2.20. The van der Waals surface area contributed by atoms with Crippen molar-refractivity contribution >= 4 is 0 Å². The van der Waals surface area contributed by atoms with E-state index in [0.717, 1.165) is 24.6 Å². The maximum atomic E-state index is 5.73. The van der Waals surface area contributed by atoms with Crippen molar-refractivity contribution in [3.63, 3.8) is 0 Å². The number of hydrogen-bond acceptors (Lipinski definition) is 2. The third-order valence-corrected chi connectivity index (χ3v) is 2.60. The molecule has 0 spiro atoms. The molecule has 1 rings (SSSR count). The van der Waals surface area contributed by atoms with Crippen LogP contribution in [0.15, 0.2) is 12.1 Å². The minimum Gasteiger partial charge on any atom is -0.477 e. The largest absolute Gasteiger partial charge is 0.477 e. The average molecular weight is 235 g/mol. The summed E-state index contributed by atoms with van der Waals surface area (Å²) in [7, 11) is 0. The molecule has 0 atom stereocenters. The summed E-state index contributed by atoms with van der Waals surface area (Å²) in [5, 5.41) is 0. The van der Waals surface area contributed by atoms with Gasteiger partial charge in [0, 0.05) is 11.5 Å². The lowest BCUT2D eigenvalue weighted by molar-refractivity contribution is 0.259. The van der Waals surface area contributed by atoms with Crippen molar-refractivity contribution in [3.05, 3.63) is 23.4 Å². The second-order valence-corrected chi connectivity index (χ2v) is 6.01.